The summed E-state index contributed by atoms with van der Waals surface area (Å²) in [4.78, 5) is 5.17. The second-order valence-electron chi connectivity index (χ2n) is 12.7. The molecule has 2 aliphatic rings. The Hall–Kier alpha value is -2.34. The topological polar surface area (TPSA) is 62.6 Å². The Kier molecular flexibility index (Phi) is 12.5. The highest BCUT2D eigenvalue weighted by Gasteiger charge is 2.40. The fraction of sp³-hybridized carbons (Fsp3) is 0.541. The Labute approximate surface area is 259 Å². The average Bonchev–Trinajstić information content (AvgIpc) is 2.97. The predicted molar refractivity (Wildman–Crippen MR) is 179 cm³/mol. The first-order chi connectivity index (χ1) is 20.0. The molecule has 0 radical (unpaired) electrons. The van der Waals surface area contributed by atoms with E-state index in [1.807, 2.05) is 55.9 Å². The number of thioether (sulfide) groups is 1. The van der Waals surface area contributed by atoms with Crippen LogP contribution in [0.15, 0.2) is 54.6 Å². The maximum atomic E-state index is 11.2. The Bertz CT molecular complexity index is 1250. The summed E-state index contributed by atoms with van der Waals surface area (Å²) >= 11 is 1.88. The maximum Gasteiger partial charge on any atom is 0.119 e. The van der Waals surface area contributed by atoms with Crippen molar-refractivity contribution in [3.8, 4) is 5.75 Å². The molecule has 3 aromatic rings. The monoisotopic (exact) mass is 591 g/mol. The van der Waals surface area contributed by atoms with E-state index in [1.54, 1.807) is 0 Å². The molecule has 42 heavy (non-hydrogen) atoms. The van der Waals surface area contributed by atoms with Gasteiger partial charge in [0, 0.05) is 22.9 Å². The van der Waals surface area contributed by atoms with Crippen molar-refractivity contribution in [1.82, 2.24) is 4.98 Å². The summed E-state index contributed by atoms with van der Waals surface area (Å²) in [6.07, 6.45) is 4.05. The Balaban J connectivity index is 0.000000627. The summed E-state index contributed by atoms with van der Waals surface area (Å²) in [5.41, 5.74) is 7.36. The van der Waals surface area contributed by atoms with E-state index in [1.165, 1.54) is 5.56 Å². The highest BCUT2D eigenvalue weighted by molar-refractivity contribution is 7.99. The molecule has 0 spiro atoms. The van der Waals surface area contributed by atoms with Gasteiger partial charge in [0.15, 0.2) is 0 Å². The number of nitrogens with zero attached hydrogens (tertiary/aromatic N) is 1. The molecular formula is C37H53NO3S. The Morgan fingerprint density at radius 3 is 2.07 bits per heavy atom. The minimum atomic E-state index is -0.585. The quantitative estimate of drug-likeness (QED) is 0.299. The summed E-state index contributed by atoms with van der Waals surface area (Å²) in [5, 5.41) is 23.2. The van der Waals surface area contributed by atoms with Crippen molar-refractivity contribution in [3.63, 3.8) is 0 Å². The van der Waals surface area contributed by atoms with Gasteiger partial charge in [0.1, 0.15) is 12.4 Å². The van der Waals surface area contributed by atoms with Gasteiger partial charge in [0.2, 0.25) is 0 Å². The van der Waals surface area contributed by atoms with Crippen molar-refractivity contribution >= 4 is 11.8 Å². The minimum absolute atomic E-state index is 0.00347. The van der Waals surface area contributed by atoms with E-state index < -0.39 is 12.2 Å². The van der Waals surface area contributed by atoms with Crippen molar-refractivity contribution in [2.45, 2.75) is 117 Å². The number of rotatable bonds is 6. The van der Waals surface area contributed by atoms with Gasteiger partial charge in [-0.2, -0.15) is 11.8 Å². The van der Waals surface area contributed by atoms with Crippen LogP contribution in [-0.2, 0) is 13.0 Å². The third-order valence-electron chi connectivity index (χ3n) is 8.11. The number of aliphatic hydroxyl groups excluding tert-OH is 2. The number of aliphatic hydroxyl groups is 2. The van der Waals surface area contributed by atoms with Crippen molar-refractivity contribution < 1.29 is 14.9 Å². The number of aromatic nitrogens is 1. The third kappa shape index (κ3) is 8.39. The lowest BCUT2D eigenvalue weighted by atomic mass is 9.68. The lowest BCUT2D eigenvalue weighted by molar-refractivity contribution is 0.0881. The zero-order valence-electron chi connectivity index (χ0n) is 27.3. The second kappa shape index (κ2) is 15.4. The number of fused-ring (bicyclic) bond motifs is 3. The zero-order chi connectivity index (χ0) is 31.0. The van der Waals surface area contributed by atoms with Gasteiger partial charge < -0.3 is 14.9 Å². The molecule has 0 saturated heterocycles. The molecule has 4 nitrogen and oxygen atoms in total. The molecule has 3 atom stereocenters. The van der Waals surface area contributed by atoms with E-state index in [-0.39, 0.29) is 17.3 Å². The number of pyridine rings is 1. The molecular weight excluding hydrogens is 538 g/mol. The first-order valence-corrected chi connectivity index (χ1v) is 17.0. The lowest BCUT2D eigenvalue weighted by Crippen LogP contribution is -2.31. The fourth-order valence-electron chi connectivity index (χ4n) is 6.01. The molecule has 2 aromatic carbocycles. The molecule has 0 bridgehead atoms. The molecule has 0 aliphatic heterocycles. The van der Waals surface area contributed by atoms with E-state index in [2.05, 4.69) is 72.1 Å². The van der Waals surface area contributed by atoms with Gasteiger partial charge in [-0.15, -0.1) is 0 Å². The second-order valence-corrected chi connectivity index (χ2v) is 14.1. The van der Waals surface area contributed by atoms with Crippen LogP contribution in [0.1, 0.15) is 138 Å². The van der Waals surface area contributed by atoms with Crippen LogP contribution in [0.3, 0.4) is 0 Å². The van der Waals surface area contributed by atoms with Crippen LogP contribution >= 0.6 is 11.8 Å². The minimum Gasteiger partial charge on any atom is -0.489 e. The molecule has 0 fully saturated rings. The first kappa shape index (κ1) is 34.2. The molecule has 0 saturated carbocycles. The van der Waals surface area contributed by atoms with Gasteiger partial charge in [-0.1, -0.05) is 97.9 Å². The summed E-state index contributed by atoms with van der Waals surface area (Å²) in [5.74, 6) is 1.23. The van der Waals surface area contributed by atoms with E-state index in [0.717, 1.165) is 57.5 Å². The van der Waals surface area contributed by atoms with Gasteiger partial charge in [-0.05, 0) is 82.9 Å². The average molecular weight is 592 g/mol. The number of hydrogen-bond acceptors (Lipinski definition) is 5. The predicted octanol–water partition coefficient (Wildman–Crippen LogP) is 9.53. The Morgan fingerprint density at radius 1 is 0.881 bits per heavy atom. The molecule has 230 valence electrons. The van der Waals surface area contributed by atoms with Gasteiger partial charge in [-0.25, -0.2) is 0 Å². The summed E-state index contributed by atoms with van der Waals surface area (Å²) in [6, 6.07) is 18.6. The maximum absolute atomic E-state index is 11.2. The van der Waals surface area contributed by atoms with Crippen LogP contribution in [0.25, 0.3) is 0 Å². The molecule has 1 aromatic heterocycles. The number of benzene rings is 2. The zero-order valence-corrected chi connectivity index (χ0v) is 28.1. The van der Waals surface area contributed by atoms with E-state index >= 15 is 0 Å². The van der Waals surface area contributed by atoms with Crippen molar-refractivity contribution in [1.29, 1.82) is 0 Å². The van der Waals surface area contributed by atoms with E-state index in [4.69, 9.17) is 9.72 Å². The molecule has 0 amide bonds. The molecule has 1 heterocycles. The summed E-state index contributed by atoms with van der Waals surface area (Å²) < 4.78 is 6.01. The smallest absolute Gasteiger partial charge is 0.119 e. The molecule has 2 aliphatic carbocycles. The fourth-order valence-corrected chi connectivity index (χ4v) is 6.01. The van der Waals surface area contributed by atoms with Gasteiger partial charge in [0.25, 0.3) is 0 Å². The van der Waals surface area contributed by atoms with Crippen LogP contribution in [0, 0.1) is 5.41 Å². The number of hydrogen-bond donors (Lipinski definition) is 2. The first-order valence-electron chi connectivity index (χ1n) is 15.7. The van der Waals surface area contributed by atoms with Crippen molar-refractivity contribution in [3.05, 3.63) is 93.8 Å². The van der Waals surface area contributed by atoms with Gasteiger partial charge in [0.05, 0.1) is 12.2 Å². The molecule has 2 N–H and O–H groups in total. The highest BCUT2D eigenvalue weighted by atomic mass is 32.2. The normalized spacial score (nSPS) is 20.5. The molecule has 3 unspecified atom stereocenters. The summed E-state index contributed by atoms with van der Waals surface area (Å²) in [7, 11) is 0. The summed E-state index contributed by atoms with van der Waals surface area (Å²) in [6.45, 7) is 17.7. The highest BCUT2D eigenvalue weighted by Crippen LogP contribution is 2.51. The number of ether oxygens (including phenoxy) is 1. The van der Waals surface area contributed by atoms with Crippen molar-refractivity contribution in [2.75, 3.05) is 6.26 Å². The molecule has 5 heteroatoms. The molecule has 5 rings (SSSR count). The SMILES string of the molecule is CC.CC(C)c1nc2c(c3c1C(c1ccc(OCc4ccccc4)cc1)CCC3O)C(O)CC(C)(C)C2.CSC(C)C. The lowest BCUT2D eigenvalue weighted by Gasteiger charge is -2.40. The van der Waals surface area contributed by atoms with Crippen LogP contribution < -0.4 is 4.74 Å². The van der Waals surface area contributed by atoms with Crippen LogP contribution in [0.4, 0.5) is 0 Å². The third-order valence-corrected chi connectivity index (χ3v) is 9.05. The van der Waals surface area contributed by atoms with Crippen LogP contribution in [0.2, 0.25) is 0 Å². The van der Waals surface area contributed by atoms with Crippen LogP contribution in [0.5, 0.6) is 5.75 Å². The van der Waals surface area contributed by atoms with Crippen LogP contribution in [-0.4, -0.2) is 26.7 Å². The van der Waals surface area contributed by atoms with Crippen molar-refractivity contribution in [2.24, 2.45) is 5.41 Å². The Morgan fingerprint density at radius 2 is 1.50 bits per heavy atom. The van der Waals surface area contributed by atoms with E-state index in [0.29, 0.717) is 19.4 Å². The van der Waals surface area contributed by atoms with Gasteiger partial charge in [-0.3, -0.25) is 4.98 Å². The van der Waals surface area contributed by atoms with E-state index in [9.17, 15) is 10.2 Å². The standard InChI is InChI=1S/C31H37NO3.C4H10S.C2H6/c1-19(2)30-27-23(21-10-12-22(13-11-21)35-18-20-8-6-5-7-9-20)14-15-25(33)29(27)28-24(32-30)16-31(3,4)17-26(28)34;1-4(2)5-3;1-2/h5-13,19,23,25-26,33-34H,14-18H2,1-4H3;4H,1-3H3;1-2H3. The van der Waals surface area contributed by atoms with Gasteiger partial charge >= 0.3 is 0 Å². The largest absolute Gasteiger partial charge is 0.489 e.